The van der Waals surface area contributed by atoms with E-state index in [0.29, 0.717) is 0 Å². The summed E-state index contributed by atoms with van der Waals surface area (Å²) in [5, 5.41) is 3.16. The molecule has 0 spiro atoms. The van der Waals surface area contributed by atoms with Crippen molar-refractivity contribution in [1.82, 2.24) is 14.7 Å². The lowest BCUT2D eigenvalue weighted by molar-refractivity contribution is 0.763. The number of nitrogens with zero attached hydrogens (tertiary/aromatic N) is 2. The van der Waals surface area contributed by atoms with E-state index in [9.17, 15) is 0 Å². The molecule has 0 radical (unpaired) electrons. The summed E-state index contributed by atoms with van der Waals surface area (Å²) in [6.45, 7) is 3.03. The maximum atomic E-state index is 4.31. The van der Waals surface area contributed by atoms with Gasteiger partial charge in [0.1, 0.15) is 5.82 Å². The van der Waals surface area contributed by atoms with Crippen molar-refractivity contribution in [3.05, 3.63) is 35.9 Å². The van der Waals surface area contributed by atoms with Crippen molar-refractivity contribution in [2.24, 2.45) is 0 Å². The summed E-state index contributed by atoms with van der Waals surface area (Å²) in [5.41, 5.74) is 2.49. The molecule has 1 N–H and O–H groups in total. The molecule has 2 aromatic rings. The van der Waals surface area contributed by atoms with Crippen molar-refractivity contribution in [1.29, 1.82) is 0 Å². The lowest BCUT2D eigenvalue weighted by atomic mass is 10.2. The van der Waals surface area contributed by atoms with E-state index in [1.165, 1.54) is 11.2 Å². The second-order valence-corrected chi connectivity index (χ2v) is 3.44. The zero-order valence-electron chi connectivity index (χ0n) is 8.62. The molecule has 0 aliphatic rings. The first-order chi connectivity index (χ1) is 6.83. The number of pyridine rings is 1. The van der Waals surface area contributed by atoms with Crippen LogP contribution in [0.2, 0.25) is 0 Å². The summed E-state index contributed by atoms with van der Waals surface area (Å²) >= 11 is 0. The third-order valence-electron chi connectivity index (χ3n) is 2.44. The Bertz CT molecular complexity index is 431. The Morgan fingerprint density at radius 1 is 1.43 bits per heavy atom. The molecule has 0 saturated carbocycles. The quantitative estimate of drug-likeness (QED) is 0.791. The van der Waals surface area contributed by atoms with Crippen LogP contribution >= 0.6 is 0 Å². The molecule has 0 fully saturated rings. The smallest absolute Gasteiger partial charge is 0.110 e. The van der Waals surface area contributed by atoms with Crippen LogP contribution in [0.1, 0.15) is 11.5 Å². The largest absolute Gasteiger partial charge is 0.319 e. The second-order valence-electron chi connectivity index (χ2n) is 3.44. The van der Waals surface area contributed by atoms with Gasteiger partial charge in [0.2, 0.25) is 0 Å². The summed E-state index contributed by atoms with van der Waals surface area (Å²) in [5.74, 6) is 1.06. The Morgan fingerprint density at radius 2 is 2.29 bits per heavy atom. The van der Waals surface area contributed by atoms with Crippen LogP contribution in [0.15, 0.2) is 24.4 Å². The second kappa shape index (κ2) is 3.80. The molecule has 0 aliphatic carbocycles. The molecule has 2 heterocycles. The monoisotopic (exact) mass is 189 g/mol. The highest BCUT2D eigenvalue weighted by molar-refractivity contribution is 5.47. The Hall–Kier alpha value is -1.35. The Labute approximate surface area is 83.8 Å². The Kier molecular flexibility index (Phi) is 2.50. The molecule has 0 amide bonds. The summed E-state index contributed by atoms with van der Waals surface area (Å²) in [6.07, 6.45) is 2.95. The number of hydrogen-bond donors (Lipinski definition) is 1. The normalized spacial score (nSPS) is 11.0. The maximum absolute atomic E-state index is 4.31. The summed E-state index contributed by atoms with van der Waals surface area (Å²) in [7, 11) is 1.97. The number of fused-ring (bicyclic) bond motifs is 1. The van der Waals surface area contributed by atoms with Crippen molar-refractivity contribution < 1.29 is 0 Å². The molecule has 3 nitrogen and oxygen atoms in total. The molecule has 3 heteroatoms. The van der Waals surface area contributed by atoms with E-state index in [1.54, 1.807) is 0 Å². The highest BCUT2D eigenvalue weighted by atomic mass is 15.0. The lowest BCUT2D eigenvalue weighted by Gasteiger charge is -2.06. The van der Waals surface area contributed by atoms with Gasteiger partial charge in [0, 0.05) is 18.7 Å². The van der Waals surface area contributed by atoms with Crippen LogP contribution in [-0.4, -0.2) is 23.0 Å². The minimum Gasteiger partial charge on any atom is -0.319 e. The third-order valence-corrected chi connectivity index (χ3v) is 2.44. The summed E-state index contributed by atoms with van der Waals surface area (Å²) in [4.78, 5) is 4.31. The molecule has 0 saturated heterocycles. The molecule has 0 bridgehead atoms. The van der Waals surface area contributed by atoms with Crippen LogP contribution in [0, 0.1) is 6.92 Å². The van der Waals surface area contributed by atoms with Gasteiger partial charge in [-0.15, -0.1) is 0 Å². The van der Waals surface area contributed by atoms with E-state index < -0.39 is 0 Å². The highest BCUT2D eigenvalue weighted by Crippen LogP contribution is 2.10. The number of nitrogens with one attached hydrogen (secondary N) is 1. The van der Waals surface area contributed by atoms with Crippen LogP contribution in [-0.2, 0) is 6.42 Å². The highest BCUT2D eigenvalue weighted by Gasteiger charge is 2.02. The van der Waals surface area contributed by atoms with Crippen LogP contribution in [0.5, 0.6) is 0 Å². The van der Waals surface area contributed by atoms with Gasteiger partial charge in [-0.2, -0.15) is 0 Å². The van der Waals surface area contributed by atoms with Crippen molar-refractivity contribution in [2.45, 2.75) is 13.3 Å². The Morgan fingerprint density at radius 3 is 3.07 bits per heavy atom. The first-order valence-corrected chi connectivity index (χ1v) is 4.89. The van der Waals surface area contributed by atoms with Gasteiger partial charge >= 0.3 is 0 Å². The fraction of sp³-hybridized carbons (Fsp3) is 0.364. The first kappa shape index (κ1) is 9.21. The fourth-order valence-corrected chi connectivity index (χ4v) is 1.73. The van der Waals surface area contributed by atoms with Crippen LogP contribution < -0.4 is 5.32 Å². The first-order valence-electron chi connectivity index (χ1n) is 4.89. The van der Waals surface area contributed by atoms with E-state index in [-0.39, 0.29) is 0 Å². The van der Waals surface area contributed by atoms with Gasteiger partial charge in [0.25, 0.3) is 0 Å². The molecule has 0 unspecified atom stereocenters. The van der Waals surface area contributed by atoms with Gasteiger partial charge in [0.05, 0.1) is 11.7 Å². The van der Waals surface area contributed by atoms with Crippen molar-refractivity contribution in [2.75, 3.05) is 13.6 Å². The predicted octanol–water partition coefficient (Wildman–Crippen LogP) is 1.40. The standard InChI is InChI=1S/C11H15N3/c1-9-13-8-11-5-3-4-10(14(9)11)6-7-12-2/h3-5,8,12H,6-7H2,1-2H3. The van der Waals surface area contributed by atoms with Crippen molar-refractivity contribution in [3.63, 3.8) is 0 Å². The topological polar surface area (TPSA) is 29.3 Å². The van der Waals surface area contributed by atoms with Gasteiger partial charge < -0.3 is 9.72 Å². The molecular weight excluding hydrogens is 174 g/mol. The SMILES string of the molecule is CNCCc1cccc2cnc(C)n12. The average molecular weight is 189 g/mol. The number of likely N-dealkylation sites (N-methyl/N-ethyl adjacent to an activating group) is 1. The van der Waals surface area contributed by atoms with Crippen molar-refractivity contribution in [3.8, 4) is 0 Å². The zero-order chi connectivity index (χ0) is 9.97. The molecule has 0 aliphatic heterocycles. The lowest BCUT2D eigenvalue weighted by Crippen LogP contribution is -2.12. The van der Waals surface area contributed by atoms with Crippen LogP contribution in [0.25, 0.3) is 5.52 Å². The number of imidazole rings is 1. The van der Waals surface area contributed by atoms with Crippen molar-refractivity contribution >= 4 is 5.52 Å². The Balaban J connectivity index is 2.46. The van der Waals surface area contributed by atoms with Gasteiger partial charge in [-0.1, -0.05) is 6.07 Å². The van der Waals surface area contributed by atoms with Gasteiger partial charge in [0.15, 0.2) is 0 Å². The predicted molar refractivity (Wildman–Crippen MR) is 57.6 cm³/mol. The molecule has 2 rings (SSSR count). The fourth-order valence-electron chi connectivity index (χ4n) is 1.73. The van der Waals surface area contributed by atoms with E-state index in [1.807, 2.05) is 20.2 Å². The number of rotatable bonds is 3. The minimum absolute atomic E-state index is 0.997. The number of aryl methyl sites for hydroxylation is 1. The van der Waals surface area contributed by atoms with E-state index in [0.717, 1.165) is 18.8 Å². The zero-order valence-corrected chi connectivity index (χ0v) is 8.62. The minimum atomic E-state index is 0.997. The molecule has 2 aromatic heterocycles. The van der Waals surface area contributed by atoms with Crippen LogP contribution in [0.3, 0.4) is 0 Å². The van der Waals surface area contributed by atoms with E-state index in [2.05, 4.69) is 32.9 Å². The molecular formula is C11H15N3. The van der Waals surface area contributed by atoms with Crippen LogP contribution in [0.4, 0.5) is 0 Å². The number of aromatic nitrogens is 2. The summed E-state index contributed by atoms with van der Waals surface area (Å²) in [6, 6.07) is 6.32. The molecule has 0 aromatic carbocycles. The van der Waals surface area contributed by atoms with E-state index in [4.69, 9.17) is 0 Å². The van der Waals surface area contributed by atoms with Gasteiger partial charge in [-0.3, -0.25) is 0 Å². The maximum Gasteiger partial charge on any atom is 0.110 e. The van der Waals surface area contributed by atoms with Gasteiger partial charge in [-0.25, -0.2) is 4.98 Å². The molecule has 0 atom stereocenters. The number of hydrogen-bond acceptors (Lipinski definition) is 2. The summed E-state index contributed by atoms with van der Waals surface area (Å²) < 4.78 is 2.21. The molecule has 14 heavy (non-hydrogen) atoms. The van der Waals surface area contributed by atoms with Gasteiger partial charge in [-0.05, 0) is 26.1 Å². The van der Waals surface area contributed by atoms with E-state index >= 15 is 0 Å². The average Bonchev–Trinajstić information content (AvgIpc) is 2.58. The molecule has 74 valence electrons. The third kappa shape index (κ3) is 1.51.